The van der Waals surface area contributed by atoms with Crippen LogP contribution in [0, 0.1) is 0 Å². The second-order valence-corrected chi connectivity index (χ2v) is 8.56. The Hall–Kier alpha value is -2.53. The van der Waals surface area contributed by atoms with Crippen molar-refractivity contribution in [3.05, 3.63) is 53.6 Å². The van der Waals surface area contributed by atoms with Crippen LogP contribution in [-0.4, -0.2) is 37.8 Å². The average Bonchev–Trinajstić information content (AvgIpc) is 3.32. The van der Waals surface area contributed by atoms with Crippen molar-refractivity contribution >= 4 is 17.3 Å². The molecule has 3 aliphatic rings. The smallest absolute Gasteiger partial charge is 0.231 e. The van der Waals surface area contributed by atoms with Gasteiger partial charge in [-0.15, -0.1) is 0 Å². The van der Waals surface area contributed by atoms with E-state index in [9.17, 15) is 4.79 Å². The van der Waals surface area contributed by atoms with Gasteiger partial charge < -0.3 is 19.7 Å². The minimum Gasteiger partial charge on any atom is -0.497 e. The Morgan fingerprint density at radius 2 is 2.17 bits per heavy atom. The van der Waals surface area contributed by atoms with E-state index < -0.39 is 0 Å². The Balaban J connectivity index is 1.28. The van der Waals surface area contributed by atoms with Crippen molar-refractivity contribution in [3.8, 4) is 5.75 Å². The molecule has 5 rings (SSSR count). The van der Waals surface area contributed by atoms with E-state index in [4.69, 9.17) is 9.47 Å². The molecule has 0 aromatic heterocycles. The fourth-order valence-corrected chi connectivity index (χ4v) is 4.87. The minimum absolute atomic E-state index is 0.131. The quantitative estimate of drug-likeness (QED) is 0.837. The van der Waals surface area contributed by atoms with E-state index in [0.717, 1.165) is 48.7 Å². The molecule has 2 fully saturated rings. The molecule has 0 bridgehead atoms. The Morgan fingerprint density at radius 1 is 1.28 bits per heavy atom. The van der Waals surface area contributed by atoms with E-state index in [1.165, 1.54) is 24.8 Å². The molecule has 1 N–H and O–H groups in total. The van der Waals surface area contributed by atoms with E-state index in [1.807, 2.05) is 29.2 Å². The van der Waals surface area contributed by atoms with Crippen LogP contribution in [0.5, 0.6) is 5.75 Å². The summed E-state index contributed by atoms with van der Waals surface area (Å²) in [6.07, 6.45) is 6.06. The SMILES string of the molecule is COc1cccc(CC(=O)N2CCc3ccc(NC4COC5(CCC5)C4)cc32)c1. The van der Waals surface area contributed by atoms with Crippen LogP contribution in [0.15, 0.2) is 42.5 Å². The molecule has 0 radical (unpaired) electrons. The van der Waals surface area contributed by atoms with Gasteiger partial charge in [0.15, 0.2) is 0 Å². The van der Waals surface area contributed by atoms with Gasteiger partial charge in [0.05, 0.1) is 31.8 Å². The normalized spacial score (nSPS) is 21.7. The molecular weight excluding hydrogens is 364 g/mol. The van der Waals surface area contributed by atoms with Gasteiger partial charge >= 0.3 is 0 Å². The summed E-state index contributed by atoms with van der Waals surface area (Å²) in [6.45, 7) is 1.52. The van der Waals surface area contributed by atoms with Crippen LogP contribution in [0.25, 0.3) is 0 Å². The highest BCUT2D eigenvalue weighted by atomic mass is 16.5. The van der Waals surface area contributed by atoms with Gasteiger partial charge in [0.2, 0.25) is 5.91 Å². The van der Waals surface area contributed by atoms with Crippen molar-refractivity contribution in [1.29, 1.82) is 0 Å². The number of hydrogen-bond donors (Lipinski definition) is 1. The molecule has 2 aromatic rings. The zero-order valence-electron chi connectivity index (χ0n) is 16.9. The molecule has 29 heavy (non-hydrogen) atoms. The number of benzene rings is 2. The van der Waals surface area contributed by atoms with Crippen LogP contribution in [0.2, 0.25) is 0 Å². The number of anilines is 2. The number of fused-ring (bicyclic) bond motifs is 1. The van der Waals surface area contributed by atoms with Crippen LogP contribution in [0.3, 0.4) is 0 Å². The highest BCUT2D eigenvalue weighted by Crippen LogP contribution is 2.44. The zero-order chi connectivity index (χ0) is 19.8. The van der Waals surface area contributed by atoms with Crippen molar-refractivity contribution < 1.29 is 14.3 Å². The molecule has 152 valence electrons. The second kappa shape index (κ2) is 7.38. The number of methoxy groups -OCH3 is 1. The standard InChI is InChI=1S/C24H28N2O3/c1-28-21-5-2-4-17(12-21)13-23(27)26-11-8-18-6-7-19(14-22(18)26)25-20-15-24(29-16-20)9-3-10-24/h2,4-7,12,14,20,25H,3,8-11,13,15-16H2,1H3. The maximum Gasteiger partial charge on any atom is 0.231 e. The molecule has 1 aliphatic carbocycles. The van der Waals surface area contributed by atoms with Gasteiger partial charge in [-0.3, -0.25) is 4.79 Å². The molecule has 2 aliphatic heterocycles. The number of carbonyl (C=O) groups excluding carboxylic acids is 1. The lowest BCUT2D eigenvalue weighted by molar-refractivity contribution is -0.117. The first-order chi connectivity index (χ1) is 14.1. The third kappa shape index (κ3) is 3.60. The Morgan fingerprint density at radius 3 is 2.93 bits per heavy atom. The molecule has 5 nitrogen and oxygen atoms in total. The average molecular weight is 392 g/mol. The second-order valence-electron chi connectivity index (χ2n) is 8.56. The summed E-state index contributed by atoms with van der Waals surface area (Å²) in [4.78, 5) is 14.9. The largest absolute Gasteiger partial charge is 0.497 e. The van der Waals surface area contributed by atoms with Gasteiger partial charge in [0.1, 0.15) is 5.75 Å². The van der Waals surface area contributed by atoms with E-state index in [2.05, 4.69) is 23.5 Å². The van der Waals surface area contributed by atoms with Gasteiger partial charge in [-0.2, -0.15) is 0 Å². The molecule has 2 aromatic carbocycles. The lowest BCUT2D eigenvalue weighted by Crippen LogP contribution is -2.36. The number of amides is 1. The fourth-order valence-electron chi connectivity index (χ4n) is 4.87. The minimum atomic E-state index is 0.131. The summed E-state index contributed by atoms with van der Waals surface area (Å²) >= 11 is 0. The van der Waals surface area contributed by atoms with E-state index in [0.29, 0.717) is 12.5 Å². The molecule has 2 heterocycles. The van der Waals surface area contributed by atoms with Gasteiger partial charge in [-0.05, 0) is 67.5 Å². The lowest BCUT2D eigenvalue weighted by atomic mass is 9.77. The molecular formula is C24H28N2O3. The molecule has 1 amide bonds. The van der Waals surface area contributed by atoms with Gasteiger partial charge in [0.25, 0.3) is 0 Å². The molecule has 1 atom stereocenters. The maximum absolute atomic E-state index is 13.0. The van der Waals surface area contributed by atoms with Crippen molar-refractivity contribution in [2.24, 2.45) is 0 Å². The Kier molecular flexibility index (Phi) is 4.70. The molecule has 1 unspecified atom stereocenters. The monoisotopic (exact) mass is 392 g/mol. The third-order valence-corrected chi connectivity index (χ3v) is 6.62. The summed E-state index contributed by atoms with van der Waals surface area (Å²) in [5.41, 5.74) is 4.49. The van der Waals surface area contributed by atoms with Crippen LogP contribution in [0.4, 0.5) is 11.4 Å². The first-order valence-electron chi connectivity index (χ1n) is 10.6. The van der Waals surface area contributed by atoms with Gasteiger partial charge in [0, 0.05) is 17.9 Å². The van der Waals surface area contributed by atoms with Crippen molar-refractivity contribution in [1.82, 2.24) is 0 Å². The lowest BCUT2D eigenvalue weighted by Gasteiger charge is -2.37. The number of rotatable bonds is 5. The maximum atomic E-state index is 13.0. The highest BCUT2D eigenvalue weighted by molar-refractivity contribution is 5.97. The van der Waals surface area contributed by atoms with Crippen LogP contribution in [0.1, 0.15) is 36.8 Å². The van der Waals surface area contributed by atoms with Crippen molar-refractivity contribution in [2.45, 2.75) is 50.2 Å². The number of nitrogens with one attached hydrogen (secondary N) is 1. The molecule has 5 heteroatoms. The Bertz CT molecular complexity index is 922. The fraction of sp³-hybridized carbons (Fsp3) is 0.458. The topological polar surface area (TPSA) is 50.8 Å². The third-order valence-electron chi connectivity index (χ3n) is 6.62. The summed E-state index contributed by atoms with van der Waals surface area (Å²) in [6, 6.07) is 14.5. The summed E-state index contributed by atoms with van der Waals surface area (Å²) in [7, 11) is 1.65. The predicted octanol–water partition coefficient (Wildman–Crippen LogP) is 3.95. The first kappa shape index (κ1) is 18.5. The number of hydrogen-bond acceptors (Lipinski definition) is 4. The van der Waals surface area contributed by atoms with E-state index in [1.54, 1.807) is 7.11 Å². The number of ether oxygens (including phenoxy) is 2. The van der Waals surface area contributed by atoms with E-state index >= 15 is 0 Å². The number of carbonyl (C=O) groups is 1. The molecule has 1 saturated carbocycles. The summed E-state index contributed by atoms with van der Waals surface area (Å²) in [5.74, 6) is 0.915. The van der Waals surface area contributed by atoms with Crippen molar-refractivity contribution in [2.75, 3.05) is 30.5 Å². The summed E-state index contributed by atoms with van der Waals surface area (Å²) in [5, 5.41) is 3.64. The number of nitrogens with zero attached hydrogens (tertiary/aromatic N) is 1. The van der Waals surface area contributed by atoms with Crippen molar-refractivity contribution in [3.63, 3.8) is 0 Å². The van der Waals surface area contributed by atoms with E-state index in [-0.39, 0.29) is 11.5 Å². The van der Waals surface area contributed by atoms with Crippen LogP contribution < -0.4 is 15.0 Å². The first-order valence-corrected chi connectivity index (χ1v) is 10.6. The van der Waals surface area contributed by atoms with Crippen LogP contribution >= 0.6 is 0 Å². The Labute approximate surface area is 172 Å². The van der Waals surface area contributed by atoms with Gasteiger partial charge in [-0.25, -0.2) is 0 Å². The predicted molar refractivity (Wildman–Crippen MR) is 114 cm³/mol. The summed E-state index contributed by atoms with van der Waals surface area (Å²) < 4.78 is 11.3. The van der Waals surface area contributed by atoms with Gasteiger partial charge in [-0.1, -0.05) is 18.2 Å². The zero-order valence-corrected chi connectivity index (χ0v) is 16.9. The van der Waals surface area contributed by atoms with Crippen LogP contribution in [-0.2, 0) is 22.4 Å². The molecule has 1 saturated heterocycles. The highest BCUT2D eigenvalue weighted by Gasteiger charge is 2.45. The molecule has 1 spiro atoms.